The third kappa shape index (κ3) is 3.09. The minimum Gasteiger partial charge on any atom is -0.495 e. The zero-order valence-electron chi connectivity index (χ0n) is 13.9. The van der Waals surface area contributed by atoms with E-state index in [0.29, 0.717) is 41.5 Å². The monoisotopic (exact) mass is 374 g/mol. The van der Waals surface area contributed by atoms with E-state index in [1.165, 1.54) is 17.7 Å². The maximum absolute atomic E-state index is 12.5. The van der Waals surface area contributed by atoms with E-state index in [1.54, 1.807) is 12.1 Å². The zero-order valence-corrected chi connectivity index (χ0v) is 14.7. The van der Waals surface area contributed by atoms with Crippen molar-refractivity contribution in [3.8, 4) is 11.8 Å². The van der Waals surface area contributed by atoms with Gasteiger partial charge < -0.3 is 10.1 Å². The molecule has 26 heavy (non-hydrogen) atoms. The Kier molecular flexibility index (Phi) is 4.82. The van der Waals surface area contributed by atoms with Crippen LogP contribution >= 0.6 is 11.6 Å². The zero-order chi connectivity index (χ0) is 18.8. The molecule has 0 fully saturated rings. The van der Waals surface area contributed by atoms with Crippen LogP contribution in [0.3, 0.4) is 0 Å². The quantitative estimate of drug-likeness (QED) is 0.863. The number of ether oxygens (including phenoxy) is 1. The number of nitriles is 1. The van der Waals surface area contributed by atoms with Crippen LogP contribution in [0.25, 0.3) is 0 Å². The fourth-order valence-corrected chi connectivity index (χ4v) is 3.17. The first-order valence-electron chi connectivity index (χ1n) is 7.86. The molecule has 0 unspecified atom stereocenters. The fourth-order valence-electron chi connectivity index (χ4n) is 3.00. The van der Waals surface area contributed by atoms with Gasteiger partial charge in [0.15, 0.2) is 0 Å². The number of hydrogen-bond acceptors (Lipinski definition) is 5. The Balaban J connectivity index is 1.94. The molecule has 0 saturated carbocycles. The van der Waals surface area contributed by atoms with Gasteiger partial charge in [-0.05, 0) is 31.0 Å². The summed E-state index contributed by atoms with van der Waals surface area (Å²) in [6.45, 7) is -0.0881. The smallest absolute Gasteiger partial charge is 0.331 e. The van der Waals surface area contributed by atoms with E-state index in [9.17, 15) is 19.6 Å². The number of carbonyl (C=O) groups is 1. The minimum absolute atomic E-state index is 0.0877. The second-order valence-corrected chi connectivity index (χ2v) is 6.19. The maximum atomic E-state index is 12.5. The van der Waals surface area contributed by atoms with Crippen molar-refractivity contribution < 1.29 is 9.53 Å². The number of fused-ring (bicyclic) bond motifs is 1. The third-order valence-electron chi connectivity index (χ3n) is 4.18. The van der Waals surface area contributed by atoms with Crippen molar-refractivity contribution in [2.75, 3.05) is 12.4 Å². The molecule has 1 aromatic carbocycles. The number of nitrogens with zero attached hydrogens (tertiary/aromatic N) is 3. The Morgan fingerprint density at radius 3 is 2.88 bits per heavy atom. The average molecular weight is 375 g/mol. The van der Waals surface area contributed by atoms with Gasteiger partial charge in [0, 0.05) is 17.3 Å². The van der Waals surface area contributed by atoms with Crippen molar-refractivity contribution >= 4 is 23.2 Å². The first-order chi connectivity index (χ1) is 12.5. The Morgan fingerprint density at radius 1 is 1.42 bits per heavy atom. The van der Waals surface area contributed by atoms with E-state index < -0.39 is 23.7 Å². The minimum atomic E-state index is -0.751. The highest BCUT2D eigenvalue weighted by molar-refractivity contribution is 6.31. The molecule has 8 nitrogen and oxygen atoms in total. The molecule has 1 aromatic heterocycles. The number of anilines is 1. The molecular formula is C17H15ClN4O4. The predicted octanol–water partition coefficient (Wildman–Crippen LogP) is 1.13. The molecule has 1 amide bonds. The number of carbonyl (C=O) groups excluding carboxylic acids is 1. The number of halogens is 1. The van der Waals surface area contributed by atoms with E-state index in [1.807, 2.05) is 6.07 Å². The lowest BCUT2D eigenvalue weighted by molar-refractivity contribution is -0.116. The molecule has 0 bridgehead atoms. The number of hydrogen-bond donors (Lipinski definition) is 1. The van der Waals surface area contributed by atoms with Crippen LogP contribution in [0.4, 0.5) is 5.69 Å². The molecule has 1 N–H and O–H groups in total. The van der Waals surface area contributed by atoms with Gasteiger partial charge in [0.1, 0.15) is 23.9 Å². The van der Waals surface area contributed by atoms with Crippen LogP contribution in [0.15, 0.2) is 27.8 Å². The molecule has 1 aliphatic rings. The van der Waals surface area contributed by atoms with Crippen LogP contribution < -0.4 is 21.3 Å². The summed E-state index contributed by atoms with van der Waals surface area (Å²) < 4.78 is 7.30. The number of rotatable bonds is 4. The van der Waals surface area contributed by atoms with Crippen molar-refractivity contribution in [2.45, 2.75) is 25.9 Å². The van der Waals surface area contributed by atoms with Gasteiger partial charge in [-0.3, -0.25) is 14.2 Å². The van der Waals surface area contributed by atoms with Gasteiger partial charge in [-0.1, -0.05) is 11.6 Å². The highest BCUT2D eigenvalue weighted by Gasteiger charge is 2.23. The summed E-state index contributed by atoms with van der Waals surface area (Å²) in [5, 5.41) is 12.2. The van der Waals surface area contributed by atoms with E-state index in [4.69, 9.17) is 16.3 Å². The van der Waals surface area contributed by atoms with Crippen molar-refractivity contribution in [3.63, 3.8) is 0 Å². The first-order valence-corrected chi connectivity index (χ1v) is 8.24. The van der Waals surface area contributed by atoms with Crippen molar-refractivity contribution in [1.82, 2.24) is 9.13 Å². The molecule has 2 heterocycles. The highest BCUT2D eigenvalue weighted by Crippen LogP contribution is 2.27. The lowest BCUT2D eigenvalue weighted by Gasteiger charge is -2.13. The lowest BCUT2D eigenvalue weighted by Crippen LogP contribution is -2.44. The molecule has 0 atom stereocenters. The van der Waals surface area contributed by atoms with Gasteiger partial charge in [0.25, 0.3) is 5.56 Å². The maximum Gasteiger partial charge on any atom is 0.331 e. The van der Waals surface area contributed by atoms with Gasteiger partial charge in [0.05, 0.1) is 12.8 Å². The van der Waals surface area contributed by atoms with Crippen LogP contribution in [-0.4, -0.2) is 22.2 Å². The highest BCUT2D eigenvalue weighted by atomic mass is 35.5. The molecular weight excluding hydrogens is 360 g/mol. The summed E-state index contributed by atoms with van der Waals surface area (Å²) in [5.41, 5.74) is -0.667. The first kappa shape index (κ1) is 17.8. The van der Waals surface area contributed by atoms with Crippen molar-refractivity contribution in [1.29, 1.82) is 5.26 Å². The molecule has 0 radical (unpaired) electrons. The topological polar surface area (TPSA) is 106 Å². The molecule has 9 heteroatoms. The summed E-state index contributed by atoms with van der Waals surface area (Å²) in [6, 6.07) is 6.54. The van der Waals surface area contributed by atoms with Gasteiger partial charge in [0.2, 0.25) is 5.91 Å². The predicted molar refractivity (Wildman–Crippen MR) is 94.6 cm³/mol. The normalized spacial score (nSPS) is 12.3. The standard InChI is InChI=1S/C17H15ClN4O4/c1-26-14-5-4-10(18)7-12(14)20-15(23)9-22-16(24)11(8-19)13-3-2-6-21(13)17(22)25/h4-5,7H,2-3,6,9H2,1H3,(H,20,23). The average Bonchev–Trinajstić information content (AvgIpc) is 3.09. The summed E-state index contributed by atoms with van der Waals surface area (Å²) in [6.07, 6.45) is 1.18. The molecule has 0 spiro atoms. The van der Waals surface area contributed by atoms with Crippen molar-refractivity contribution in [3.05, 3.63) is 55.3 Å². The Hall–Kier alpha value is -3.05. The van der Waals surface area contributed by atoms with Gasteiger partial charge in [-0.15, -0.1) is 0 Å². The molecule has 0 aliphatic carbocycles. The molecule has 0 saturated heterocycles. The number of nitrogens with one attached hydrogen (secondary N) is 1. The summed E-state index contributed by atoms with van der Waals surface area (Å²) in [5.74, 6) is -0.217. The third-order valence-corrected chi connectivity index (χ3v) is 4.41. The second-order valence-electron chi connectivity index (χ2n) is 5.76. The Bertz CT molecular complexity index is 1050. The van der Waals surface area contributed by atoms with E-state index in [2.05, 4.69) is 5.32 Å². The van der Waals surface area contributed by atoms with Crippen LogP contribution in [-0.2, 0) is 24.3 Å². The van der Waals surface area contributed by atoms with Gasteiger partial charge in [-0.25, -0.2) is 9.36 Å². The number of benzene rings is 1. The van der Waals surface area contributed by atoms with Gasteiger partial charge in [-0.2, -0.15) is 5.26 Å². The lowest BCUT2D eigenvalue weighted by atomic mass is 10.2. The summed E-state index contributed by atoms with van der Waals surface area (Å²) >= 11 is 5.92. The SMILES string of the molecule is COc1ccc(Cl)cc1NC(=O)Cn1c(=O)c(C#N)c2n(c1=O)CCC2. The van der Waals surface area contributed by atoms with Crippen LogP contribution in [0, 0.1) is 11.3 Å². The Labute approximate surface area is 153 Å². The van der Waals surface area contributed by atoms with Crippen LogP contribution in [0.5, 0.6) is 5.75 Å². The number of aromatic nitrogens is 2. The van der Waals surface area contributed by atoms with E-state index in [0.717, 1.165) is 4.57 Å². The Morgan fingerprint density at radius 2 is 2.19 bits per heavy atom. The second kappa shape index (κ2) is 7.06. The number of methoxy groups -OCH3 is 1. The van der Waals surface area contributed by atoms with E-state index in [-0.39, 0.29) is 5.56 Å². The molecule has 134 valence electrons. The van der Waals surface area contributed by atoms with E-state index >= 15 is 0 Å². The largest absolute Gasteiger partial charge is 0.495 e. The summed E-state index contributed by atoms with van der Waals surface area (Å²) in [4.78, 5) is 37.3. The number of amides is 1. The molecule has 2 aromatic rings. The molecule has 1 aliphatic heterocycles. The van der Waals surface area contributed by atoms with Crippen molar-refractivity contribution in [2.24, 2.45) is 0 Å². The fraction of sp³-hybridized carbons (Fsp3) is 0.294. The van der Waals surface area contributed by atoms with Crippen LogP contribution in [0.1, 0.15) is 17.7 Å². The summed E-state index contributed by atoms with van der Waals surface area (Å²) in [7, 11) is 1.44. The molecule has 3 rings (SSSR count). The van der Waals surface area contributed by atoms with Crippen LogP contribution in [0.2, 0.25) is 5.02 Å². The van der Waals surface area contributed by atoms with Gasteiger partial charge >= 0.3 is 5.69 Å².